The van der Waals surface area contributed by atoms with Gasteiger partial charge in [-0.05, 0) is 26.1 Å². The highest BCUT2D eigenvalue weighted by molar-refractivity contribution is 6.23. The highest BCUT2D eigenvalue weighted by atomic mass is 16.5. The molecule has 0 unspecified atom stereocenters. The summed E-state index contributed by atoms with van der Waals surface area (Å²) < 4.78 is 69.6. The van der Waals surface area contributed by atoms with Gasteiger partial charge in [0.1, 0.15) is 0 Å². The summed E-state index contributed by atoms with van der Waals surface area (Å²) in [6, 6.07) is 0. The zero-order valence-corrected chi connectivity index (χ0v) is 13.9. The summed E-state index contributed by atoms with van der Waals surface area (Å²) in [7, 11) is -2.01. The van der Waals surface area contributed by atoms with Crippen molar-refractivity contribution in [1.82, 2.24) is 0 Å². The zero-order chi connectivity index (χ0) is 24.7. The number of Topliss-reactive ketones (excluding diaryl/α,β-unsaturated/α-hetero) is 2. The van der Waals surface area contributed by atoms with Crippen LogP contribution in [0.5, 0.6) is 0 Å². The molecule has 0 aromatic carbocycles. The number of methoxy groups -OCH3 is 2. The van der Waals surface area contributed by atoms with Gasteiger partial charge >= 0.3 is 0 Å². The summed E-state index contributed by atoms with van der Waals surface area (Å²) in [6.07, 6.45) is 1.92. The first-order chi connectivity index (χ1) is 14.6. The summed E-state index contributed by atoms with van der Waals surface area (Å²) in [6.45, 7) is -3.11. The van der Waals surface area contributed by atoms with Crippen LogP contribution in [-0.4, -0.2) is 37.4 Å². The SMILES string of the molecule is [2H]C([2H])(CCO)CCCCCCCC1=C(C([2H])([2H])[2H])C(=O)C(OC)=C(OC([2H])([2H])[2H])C1=O. The first kappa shape index (κ1) is 11.1. The average Bonchev–Trinajstić information content (AvgIpc) is 2.62. The molecule has 24 heavy (non-hydrogen) atoms. The molecule has 0 fully saturated rings. The predicted octanol–water partition coefficient (Wildman–Crippen LogP) is 3.46. The molecule has 1 rings (SSSR count). The molecular weight excluding hydrogens is 308 g/mol. The van der Waals surface area contributed by atoms with E-state index in [2.05, 4.69) is 4.74 Å². The predicted molar refractivity (Wildman–Crippen MR) is 92.4 cm³/mol. The number of aliphatic hydroxyl groups is 1. The lowest BCUT2D eigenvalue weighted by Crippen LogP contribution is -2.25. The van der Waals surface area contributed by atoms with Gasteiger partial charge < -0.3 is 14.6 Å². The highest BCUT2D eigenvalue weighted by Gasteiger charge is 2.34. The first-order valence-electron chi connectivity index (χ1n) is 12.1. The van der Waals surface area contributed by atoms with Crippen molar-refractivity contribution in [3.8, 4) is 0 Å². The van der Waals surface area contributed by atoms with Gasteiger partial charge in [0.05, 0.1) is 18.3 Å². The number of rotatable bonds is 12. The maximum absolute atomic E-state index is 12.9. The first-order valence-corrected chi connectivity index (χ1v) is 8.06. The van der Waals surface area contributed by atoms with E-state index in [0.29, 0.717) is 38.5 Å². The van der Waals surface area contributed by atoms with E-state index in [9.17, 15) is 9.59 Å². The molecule has 1 aliphatic carbocycles. The van der Waals surface area contributed by atoms with Crippen LogP contribution in [0.1, 0.15) is 75.6 Å². The largest absolute Gasteiger partial charge is 0.489 e. The van der Waals surface area contributed by atoms with E-state index in [1.807, 2.05) is 0 Å². The van der Waals surface area contributed by atoms with E-state index in [-0.39, 0.29) is 25.0 Å². The summed E-state index contributed by atoms with van der Waals surface area (Å²) in [5.41, 5.74) is -0.983. The van der Waals surface area contributed by atoms with E-state index in [0.717, 1.165) is 7.11 Å². The fraction of sp³-hybridized carbons (Fsp3) is 0.684. The second-order valence-corrected chi connectivity index (χ2v) is 5.47. The Hall–Kier alpha value is -1.62. The molecule has 5 nitrogen and oxygen atoms in total. The summed E-state index contributed by atoms with van der Waals surface area (Å²) in [4.78, 5) is 25.6. The second kappa shape index (κ2) is 11.0. The molecule has 0 aliphatic heterocycles. The lowest BCUT2D eigenvalue weighted by molar-refractivity contribution is -0.121. The molecule has 5 heteroatoms. The van der Waals surface area contributed by atoms with Crippen LogP contribution < -0.4 is 0 Å². The third-order valence-corrected chi connectivity index (χ3v) is 3.80. The molecule has 0 heterocycles. The minimum absolute atomic E-state index is 0.0471. The Labute approximate surface area is 156 Å². The van der Waals surface area contributed by atoms with Crippen LogP contribution in [0.4, 0.5) is 0 Å². The molecule has 1 aliphatic rings. The normalized spacial score (nSPS) is 21.9. The Morgan fingerprint density at radius 2 is 1.62 bits per heavy atom. The smallest absolute Gasteiger partial charge is 0.228 e. The molecule has 0 saturated heterocycles. The van der Waals surface area contributed by atoms with Crippen molar-refractivity contribution < 1.29 is 35.1 Å². The van der Waals surface area contributed by atoms with Gasteiger partial charge in [0.2, 0.25) is 23.1 Å². The van der Waals surface area contributed by atoms with Crippen LogP contribution in [0.15, 0.2) is 22.7 Å². The number of carbonyl (C=O) groups excluding carboxylic acids is 2. The number of hydrogen-bond donors (Lipinski definition) is 1. The van der Waals surface area contributed by atoms with Crippen molar-refractivity contribution in [3.63, 3.8) is 0 Å². The maximum atomic E-state index is 12.9. The van der Waals surface area contributed by atoms with Crippen molar-refractivity contribution in [2.75, 3.05) is 20.8 Å². The Morgan fingerprint density at radius 1 is 0.958 bits per heavy atom. The number of carbonyl (C=O) groups is 2. The number of allylic oxidation sites excluding steroid dienone is 2. The van der Waals surface area contributed by atoms with Crippen LogP contribution in [0.2, 0.25) is 0 Å². The van der Waals surface area contributed by atoms with Crippen LogP contribution in [0, 0.1) is 0 Å². The van der Waals surface area contributed by atoms with Gasteiger partial charge in [0.25, 0.3) is 0 Å². The molecule has 0 spiro atoms. The maximum Gasteiger partial charge on any atom is 0.228 e. The Morgan fingerprint density at radius 3 is 2.25 bits per heavy atom. The number of ether oxygens (including phenoxy) is 2. The monoisotopic (exact) mass is 346 g/mol. The van der Waals surface area contributed by atoms with Gasteiger partial charge in [0, 0.05) is 24.6 Å². The van der Waals surface area contributed by atoms with E-state index in [1.54, 1.807) is 0 Å². The Balaban J connectivity index is 2.87. The average molecular weight is 346 g/mol. The molecule has 0 bridgehead atoms. The van der Waals surface area contributed by atoms with Crippen molar-refractivity contribution >= 4 is 11.6 Å². The molecule has 0 saturated carbocycles. The van der Waals surface area contributed by atoms with Gasteiger partial charge in [0.15, 0.2) is 0 Å². The topological polar surface area (TPSA) is 72.8 Å². The number of aliphatic hydroxyl groups excluding tert-OH is 1. The van der Waals surface area contributed by atoms with Crippen LogP contribution in [0.3, 0.4) is 0 Å². The van der Waals surface area contributed by atoms with Crippen molar-refractivity contribution in [2.45, 2.75) is 64.6 Å². The Bertz CT molecular complexity index is 750. The lowest BCUT2D eigenvalue weighted by Gasteiger charge is -2.20. The lowest BCUT2D eigenvalue weighted by atomic mass is 9.89. The van der Waals surface area contributed by atoms with E-state index in [4.69, 9.17) is 20.8 Å². The number of unbranched alkanes of at least 4 members (excludes halogenated alkanes) is 4. The zero-order valence-electron chi connectivity index (χ0n) is 21.9. The second-order valence-electron chi connectivity index (χ2n) is 5.47. The molecule has 0 aromatic rings. The van der Waals surface area contributed by atoms with Gasteiger partial charge in [-0.2, -0.15) is 0 Å². The minimum atomic E-state index is -3.03. The summed E-state index contributed by atoms with van der Waals surface area (Å²) >= 11 is 0. The Kier molecular flexibility index (Phi) is 5.09. The standard InChI is InChI=1S/C19H30O5/c1-14-15(12-10-8-6-4-5-7-9-11-13-20)17(22)19(24-3)18(23-2)16(14)21/h20H,4-13H2,1-3H3/i1D3,3D3,9D2. The van der Waals surface area contributed by atoms with E-state index < -0.39 is 48.9 Å². The summed E-state index contributed by atoms with van der Waals surface area (Å²) in [5, 5.41) is 8.84. The minimum Gasteiger partial charge on any atom is -0.489 e. The van der Waals surface area contributed by atoms with Crippen molar-refractivity contribution in [1.29, 1.82) is 0 Å². The van der Waals surface area contributed by atoms with Crippen molar-refractivity contribution in [2.24, 2.45) is 0 Å². The number of ketones is 2. The van der Waals surface area contributed by atoms with E-state index in [1.165, 1.54) is 0 Å². The highest BCUT2D eigenvalue weighted by Crippen LogP contribution is 2.28. The van der Waals surface area contributed by atoms with Crippen LogP contribution in [0.25, 0.3) is 0 Å². The third kappa shape index (κ3) is 5.48. The number of hydrogen-bond acceptors (Lipinski definition) is 5. The van der Waals surface area contributed by atoms with Gasteiger partial charge in [-0.15, -0.1) is 0 Å². The molecule has 136 valence electrons. The van der Waals surface area contributed by atoms with Crippen molar-refractivity contribution in [3.05, 3.63) is 22.7 Å². The van der Waals surface area contributed by atoms with Gasteiger partial charge in [-0.25, -0.2) is 0 Å². The molecular formula is C19H30O5. The molecule has 0 radical (unpaired) electrons. The third-order valence-electron chi connectivity index (χ3n) is 3.80. The summed E-state index contributed by atoms with van der Waals surface area (Å²) in [5.74, 6) is -3.63. The van der Waals surface area contributed by atoms with E-state index >= 15 is 0 Å². The fourth-order valence-corrected chi connectivity index (χ4v) is 2.51. The molecule has 1 N–H and O–H groups in total. The van der Waals surface area contributed by atoms with Gasteiger partial charge in [-0.3, -0.25) is 9.59 Å². The van der Waals surface area contributed by atoms with Gasteiger partial charge in [-0.1, -0.05) is 38.5 Å². The quantitative estimate of drug-likeness (QED) is 0.433. The molecule has 0 aromatic heterocycles. The molecule has 0 amide bonds. The molecule has 0 atom stereocenters. The van der Waals surface area contributed by atoms with Crippen LogP contribution >= 0.6 is 0 Å². The fourth-order valence-electron chi connectivity index (χ4n) is 2.51. The van der Waals surface area contributed by atoms with Crippen LogP contribution in [-0.2, 0) is 19.1 Å².